The predicted molar refractivity (Wildman–Crippen MR) is 124 cm³/mol. The number of unbranched alkanes of at least 4 members (excludes halogenated alkanes) is 7. The van der Waals surface area contributed by atoms with Crippen molar-refractivity contribution in [1.29, 1.82) is 0 Å². The van der Waals surface area contributed by atoms with Crippen molar-refractivity contribution in [3.63, 3.8) is 0 Å². The molecule has 0 heterocycles. The third kappa shape index (κ3) is 11.4. The monoisotopic (exact) mass is 446 g/mol. The zero-order valence-electron chi connectivity index (χ0n) is 20.2. The Morgan fingerprint density at radius 1 is 0.710 bits per heavy atom. The fourth-order valence-electron chi connectivity index (χ4n) is 5.95. The summed E-state index contributed by atoms with van der Waals surface area (Å²) in [4.78, 5) is 0. The summed E-state index contributed by atoms with van der Waals surface area (Å²) in [6.07, 6.45) is 17.2. The highest BCUT2D eigenvalue weighted by molar-refractivity contribution is 4.80. The van der Waals surface area contributed by atoms with Crippen molar-refractivity contribution >= 4 is 0 Å². The summed E-state index contributed by atoms with van der Waals surface area (Å²) < 4.78 is 45.4. The number of rotatable bonds is 15. The minimum absolute atomic E-state index is 0.142. The van der Waals surface area contributed by atoms with Gasteiger partial charge in [-0.1, -0.05) is 110 Å². The van der Waals surface area contributed by atoms with E-state index in [0.717, 1.165) is 37.5 Å². The lowest BCUT2D eigenvalue weighted by atomic mass is 9.70. The van der Waals surface area contributed by atoms with Gasteiger partial charge in [0.25, 0.3) is 0 Å². The van der Waals surface area contributed by atoms with Gasteiger partial charge in [0.05, 0.1) is 0 Å². The number of hydrogen-bond acceptors (Lipinski definition) is 1. The highest BCUT2D eigenvalue weighted by atomic mass is 19.4. The van der Waals surface area contributed by atoms with Gasteiger partial charge >= 0.3 is 6.18 Å². The smallest absolute Gasteiger partial charge is 0.369 e. The molecule has 0 aromatic carbocycles. The van der Waals surface area contributed by atoms with Gasteiger partial charge in [0, 0.05) is 6.61 Å². The highest BCUT2D eigenvalue weighted by Gasteiger charge is 2.40. The van der Waals surface area contributed by atoms with Gasteiger partial charge in [0.2, 0.25) is 0 Å². The summed E-state index contributed by atoms with van der Waals surface area (Å²) in [5, 5.41) is 0. The normalized spacial score (nSPS) is 24.4. The molecule has 2 fully saturated rings. The maximum atomic E-state index is 13.4. The van der Waals surface area contributed by atoms with Crippen LogP contribution in [0.1, 0.15) is 135 Å². The van der Waals surface area contributed by atoms with Crippen molar-refractivity contribution in [2.75, 3.05) is 6.61 Å². The minimum atomic E-state index is -4.22. The van der Waals surface area contributed by atoms with Crippen LogP contribution in [0.3, 0.4) is 0 Å². The van der Waals surface area contributed by atoms with Crippen molar-refractivity contribution in [3.05, 3.63) is 0 Å². The van der Waals surface area contributed by atoms with Crippen LogP contribution in [0.4, 0.5) is 13.2 Å². The highest BCUT2D eigenvalue weighted by Crippen LogP contribution is 2.41. The van der Waals surface area contributed by atoms with E-state index in [1.807, 2.05) is 0 Å². The SMILES string of the molecule is CCCCCCCCCCOC(CCC[C@H]1CC[C@H](C2CCCCC2)CC1)C(F)(F)F. The second-order valence-electron chi connectivity index (χ2n) is 10.5. The lowest BCUT2D eigenvalue weighted by Crippen LogP contribution is -2.32. The Morgan fingerprint density at radius 2 is 1.29 bits per heavy atom. The zero-order valence-corrected chi connectivity index (χ0v) is 20.2. The fraction of sp³-hybridized carbons (Fsp3) is 1.00. The quantitative estimate of drug-likeness (QED) is 0.227. The van der Waals surface area contributed by atoms with Crippen LogP contribution in [0.5, 0.6) is 0 Å². The summed E-state index contributed by atoms with van der Waals surface area (Å²) in [5.41, 5.74) is 0. The maximum absolute atomic E-state index is 13.4. The number of ether oxygens (including phenoxy) is 1. The molecular weight excluding hydrogens is 397 g/mol. The van der Waals surface area contributed by atoms with Gasteiger partial charge in [0.1, 0.15) is 0 Å². The zero-order chi connectivity index (χ0) is 22.4. The van der Waals surface area contributed by atoms with Crippen molar-refractivity contribution in [2.24, 2.45) is 17.8 Å². The molecule has 2 aliphatic carbocycles. The van der Waals surface area contributed by atoms with Crippen LogP contribution < -0.4 is 0 Å². The van der Waals surface area contributed by atoms with E-state index in [9.17, 15) is 13.2 Å². The lowest BCUT2D eigenvalue weighted by Gasteiger charge is -2.36. The first-order valence-electron chi connectivity index (χ1n) is 13.7. The van der Waals surface area contributed by atoms with Gasteiger partial charge in [0.15, 0.2) is 6.10 Å². The molecule has 1 unspecified atom stereocenters. The molecule has 1 atom stereocenters. The number of alkyl halides is 3. The first-order chi connectivity index (χ1) is 15.0. The molecule has 0 aliphatic heterocycles. The molecule has 0 N–H and O–H groups in total. The van der Waals surface area contributed by atoms with Crippen molar-refractivity contribution in [1.82, 2.24) is 0 Å². The van der Waals surface area contributed by atoms with Crippen molar-refractivity contribution < 1.29 is 17.9 Å². The first-order valence-corrected chi connectivity index (χ1v) is 13.7. The molecule has 184 valence electrons. The van der Waals surface area contributed by atoms with Crippen LogP contribution in [0.25, 0.3) is 0 Å². The van der Waals surface area contributed by atoms with E-state index in [1.165, 1.54) is 89.9 Å². The van der Waals surface area contributed by atoms with Crippen LogP contribution in [-0.2, 0) is 4.74 Å². The largest absolute Gasteiger partial charge is 0.414 e. The molecule has 0 spiro atoms. The molecule has 0 saturated heterocycles. The van der Waals surface area contributed by atoms with Gasteiger partial charge in [-0.15, -0.1) is 0 Å². The van der Waals surface area contributed by atoms with E-state index in [1.54, 1.807) is 0 Å². The standard InChI is InChI=1S/C27H49F3O/c1-2-3-4-5-6-7-8-12-22-31-26(27(28,29)30)17-13-14-23-18-20-25(21-19-23)24-15-10-9-11-16-24/h23-26H,2-22H2,1H3/t23-,25-,26?. The van der Waals surface area contributed by atoms with E-state index >= 15 is 0 Å². The first kappa shape index (κ1) is 27.0. The molecule has 4 heteroatoms. The van der Waals surface area contributed by atoms with E-state index in [4.69, 9.17) is 4.74 Å². The van der Waals surface area contributed by atoms with E-state index < -0.39 is 12.3 Å². The van der Waals surface area contributed by atoms with Crippen LogP contribution in [0.15, 0.2) is 0 Å². The van der Waals surface area contributed by atoms with E-state index in [0.29, 0.717) is 12.3 Å². The Kier molecular flexibility index (Phi) is 13.6. The molecule has 2 aliphatic rings. The van der Waals surface area contributed by atoms with Gasteiger partial charge in [-0.3, -0.25) is 0 Å². The maximum Gasteiger partial charge on any atom is 0.414 e. The van der Waals surface area contributed by atoms with Gasteiger partial charge in [-0.05, 0) is 43.4 Å². The molecule has 31 heavy (non-hydrogen) atoms. The Morgan fingerprint density at radius 3 is 1.90 bits per heavy atom. The summed E-state index contributed by atoms with van der Waals surface area (Å²) in [7, 11) is 0. The second kappa shape index (κ2) is 15.6. The van der Waals surface area contributed by atoms with E-state index in [2.05, 4.69) is 6.92 Å². The van der Waals surface area contributed by atoms with Gasteiger partial charge in [-0.2, -0.15) is 13.2 Å². The molecular formula is C27H49F3O. The third-order valence-corrected chi connectivity index (χ3v) is 7.97. The Balaban J connectivity index is 1.54. The Hall–Kier alpha value is -0.250. The predicted octanol–water partition coefficient (Wildman–Crippen LogP) is 9.63. The number of halogens is 3. The molecule has 0 aromatic heterocycles. The summed E-state index contributed by atoms with van der Waals surface area (Å²) in [6.45, 7) is 2.46. The molecule has 0 radical (unpaired) electrons. The van der Waals surface area contributed by atoms with Crippen LogP contribution in [-0.4, -0.2) is 18.9 Å². The Bertz CT molecular complexity index is 423. The van der Waals surface area contributed by atoms with Gasteiger partial charge < -0.3 is 4.74 Å². The van der Waals surface area contributed by atoms with Crippen molar-refractivity contribution in [2.45, 2.75) is 148 Å². The molecule has 0 aromatic rings. The summed E-state index contributed by atoms with van der Waals surface area (Å²) >= 11 is 0. The van der Waals surface area contributed by atoms with Gasteiger partial charge in [-0.25, -0.2) is 0 Å². The lowest BCUT2D eigenvalue weighted by molar-refractivity contribution is -0.222. The third-order valence-electron chi connectivity index (χ3n) is 7.97. The van der Waals surface area contributed by atoms with Crippen LogP contribution >= 0.6 is 0 Å². The minimum Gasteiger partial charge on any atom is -0.369 e. The second-order valence-corrected chi connectivity index (χ2v) is 10.5. The van der Waals surface area contributed by atoms with Crippen LogP contribution in [0.2, 0.25) is 0 Å². The van der Waals surface area contributed by atoms with Crippen molar-refractivity contribution in [3.8, 4) is 0 Å². The molecule has 2 saturated carbocycles. The average Bonchev–Trinajstić information content (AvgIpc) is 2.77. The van der Waals surface area contributed by atoms with E-state index in [-0.39, 0.29) is 13.0 Å². The molecule has 2 rings (SSSR count). The summed E-state index contributed by atoms with van der Waals surface area (Å²) in [5.74, 6) is 2.48. The number of hydrogen-bond donors (Lipinski definition) is 0. The average molecular weight is 447 g/mol. The Labute approximate surface area is 190 Å². The summed E-state index contributed by atoms with van der Waals surface area (Å²) in [6, 6.07) is 0. The molecule has 1 nitrogen and oxygen atoms in total. The fourth-order valence-corrected chi connectivity index (χ4v) is 5.95. The van der Waals surface area contributed by atoms with Crippen LogP contribution in [0, 0.1) is 17.8 Å². The molecule has 0 bridgehead atoms. The topological polar surface area (TPSA) is 9.23 Å². The molecule has 0 amide bonds.